The highest BCUT2D eigenvalue weighted by molar-refractivity contribution is 6.42. The van der Waals surface area contributed by atoms with Crippen LogP contribution in [0.25, 0.3) is 0 Å². The highest BCUT2D eigenvalue weighted by Gasteiger charge is 2.31. The Balaban J connectivity index is 1.50. The van der Waals surface area contributed by atoms with E-state index in [9.17, 15) is 19.5 Å². The van der Waals surface area contributed by atoms with Gasteiger partial charge in [-0.15, -0.1) is 0 Å². The zero-order chi connectivity index (χ0) is 26.5. The molecule has 198 valence electrons. The van der Waals surface area contributed by atoms with E-state index in [1.807, 2.05) is 18.2 Å². The number of amides is 2. The fourth-order valence-corrected chi connectivity index (χ4v) is 4.87. The molecule has 1 unspecified atom stereocenters. The number of hydrogen-bond acceptors (Lipinski definition) is 6. The Morgan fingerprint density at radius 1 is 1.08 bits per heavy atom. The van der Waals surface area contributed by atoms with Crippen LogP contribution in [-0.2, 0) is 20.9 Å². The number of aliphatic carboxylic acids is 1. The summed E-state index contributed by atoms with van der Waals surface area (Å²) in [6.45, 7) is 1.62. The van der Waals surface area contributed by atoms with E-state index >= 15 is 0 Å². The topological polar surface area (TPSA) is 96.4 Å². The van der Waals surface area contributed by atoms with Gasteiger partial charge >= 0.3 is 5.97 Å². The first kappa shape index (κ1) is 27.2. The predicted molar refractivity (Wildman–Crippen MR) is 139 cm³/mol. The lowest BCUT2D eigenvalue weighted by molar-refractivity contribution is -0.140. The van der Waals surface area contributed by atoms with Gasteiger partial charge in [-0.05, 0) is 54.2 Å². The maximum atomic E-state index is 11.8. The molecule has 1 aliphatic heterocycles. The van der Waals surface area contributed by atoms with Gasteiger partial charge in [-0.25, -0.2) is 0 Å². The first-order valence-corrected chi connectivity index (χ1v) is 13.0. The first-order chi connectivity index (χ1) is 17.7. The van der Waals surface area contributed by atoms with Crippen LogP contribution in [0.3, 0.4) is 0 Å². The maximum Gasteiger partial charge on any atom is 0.305 e. The third-order valence-electron chi connectivity index (χ3n) is 6.67. The quantitative estimate of drug-likeness (QED) is 0.353. The summed E-state index contributed by atoms with van der Waals surface area (Å²) in [4.78, 5) is 38.8. The number of hydrogen-bond donors (Lipinski definition) is 1. The minimum Gasteiger partial charge on any atom is -0.493 e. The molecule has 1 saturated heterocycles. The zero-order valence-corrected chi connectivity index (χ0v) is 22.1. The van der Waals surface area contributed by atoms with Gasteiger partial charge in [0, 0.05) is 32.0 Å². The van der Waals surface area contributed by atoms with Crippen molar-refractivity contribution in [3.05, 3.63) is 57.6 Å². The maximum absolute atomic E-state index is 11.8. The summed E-state index contributed by atoms with van der Waals surface area (Å²) in [5.74, 6) is 0.305. The molecule has 1 heterocycles. The van der Waals surface area contributed by atoms with Crippen molar-refractivity contribution in [1.29, 1.82) is 0 Å². The predicted octanol–water partition coefficient (Wildman–Crippen LogP) is 4.96. The van der Waals surface area contributed by atoms with Gasteiger partial charge in [0.15, 0.2) is 11.5 Å². The molecule has 10 heteroatoms. The van der Waals surface area contributed by atoms with Crippen LogP contribution in [0.5, 0.6) is 11.5 Å². The summed E-state index contributed by atoms with van der Waals surface area (Å²) >= 11 is 12.4. The number of ether oxygens (including phenoxy) is 2. The monoisotopic (exact) mass is 548 g/mol. The third-order valence-corrected chi connectivity index (χ3v) is 7.41. The molecular formula is C27H30Cl2N2O6. The standard InChI is InChI=1S/C27H30Cl2N2O6/c1-36-24-12-18(4-7-23(24)37-11-10-31-25(32)8-9-26(31)33)16-30(15-17-2-3-17)22(14-27(34)35)19-5-6-20(28)21(29)13-19/h4-7,12-13,17,22H,2-3,8-11,14-16H2,1H3,(H,34,35). The van der Waals surface area contributed by atoms with Gasteiger partial charge in [-0.3, -0.25) is 24.2 Å². The van der Waals surface area contributed by atoms with E-state index in [4.69, 9.17) is 32.7 Å². The molecule has 0 bridgehead atoms. The zero-order valence-electron chi connectivity index (χ0n) is 20.6. The molecule has 2 aromatic rings. The van der Waals surface area contributed by atoms with Crippen molar-refractivity contribution in [3.8, 4) is 11.5 Å². The average molecular weight is 549 g/mol. The second kappa shape index (κ2) is 12.2. The molecule has 2 amide bonds. The summed E-state index contributed by atoms with van der Waals surface area (Å²) in [5.41, 5.74) is 1.74. The summed E-state index contributed by atoms with van der Waals surface area (Å²) in [7, 11) is 1.55. The summed E-state index contributed by atoms with van der Waals surface area (Å²) in [5, 5.41) is 10.5. The van der Waals surface area contributed by atoms with Gasteiger partial charge < -0.3 is 14.6 Å². The Morgan fingerprint density at radius 3 is 2.43 bits per heavy atom. The van der Waals surface area contributed by atoms with Crippen LogP contribution in [0.4, 0.5) is 0 Å². The lowest BCUT2D eigenvalue weighted by atomic mass is 10.00. The van der Waals surface area contributed by atoms with Crippen molar-refractivity contribution in [1.82, 2.24) is 9.80 Å². The normalized spacial score (nSPS) is 16.4. The Kier molecular flexibility index (Phi) is 8.95. The van der Waals surface area contributed by atoms with Gasteiger partial charge in [0.2, 0.25) is 11.8 Å². The Labute approximate surface area is 226 Å². The van der Waals surface area contributed by atoms with E-state index in [0.717, 1.165) is 30.5 Å². The van der Waals surface area contributed by atoms with Crippen LogP contribution in [-0.4, -0.2) is 59.5 Å². The fraction of sp³-hybridized carbons (Fsp3) is 0.444. The number of nitrogens with zero attached hydrogens (tertiary/aromatic N) is 2. The van der Waals surface area contributed by atoms with Crippen LogP contribution >= 0.6 is 23.2 Å². The van der Waals surface area contributed by atoms with Crippen molar-refractivity contribution in [2.75, 3.05) is 26.8 Å². The van der Waals surface area contributed by atoms with Gasteiger partial charge in [-0.1, -0.05) is 35.3 Å². The molecule has 0 aromatic heterocycles. The van der Waals surface area contributed by atoms with Crippen LogP contribution in [0.2, 0.25) is 10.0 Å². The van der Waals surface area contributed by atoms with Crippen molar-refractivity contribution < 1.29 is 29.0 Å². The van der Waals surface area contributed by atoms with Gasteiger partial charge in [-0.2, -0.15) is 0 Å². The molecule has 4 rings (SSSR count). The van der Waals surface area contributed by atoms with Crippen LogP contribution in [0.1, 0.15) is 49.3 Å². The van der Waals surface area contributed by atoms with E-state index < -0.39 is 5.97 Å². The molecule has 1 N–H and O–H groups in total. The van der Waals surface area contributed by atoms with Crippen LogP contribution < -0.4 is 9.47 Å². The number of benzene rings is 2. The fourth-order valence-electron chi connectivity index (χ4n) is 4.56. The smallest absolute Gasteiger partial charge is 0.305 e. The van der Waals surface area contributed by atoms with E-state index in [-0.39, 0.29) is 50.3 Å². The lowest BCUT2D eigenvalue weighted by Gasteiger charge is -2.32. The third kappa shape index (κ3) is 7.15. The molecule has 1 aliphatic carbocycles. The number of imide groups is 1. The molecule has 0 spiro atoms. The first-order valence-electron chi connectivity index (χ1n) is 12.3. The number of halogens is 2. The number of carboxylic acids is 1. The second-order valence-electron chi connectivity index (χ2n) is 9.43. The van der Waals surface area contributed by atoms with Gasteiger partial charge in [0.05, 0.1) is 30.1 Å². The lowest BCUT2D eigenvalue weighted by Crippen LogP contribution is -2.33. The molecule has 2 fully saturated rings. The minimum atomic E-state index is -0.895. The molecule has 2 aliphatic rings. The van der Waals surface area contributed by atoms with Gasteiger partial charge in [0.1, 0.15) is 6.61 Å². The van der Waals surface area contributed by atoms with E-state index in [0.29, 0.717) is 34.0 Å². The van der Waals surface area contributed by atoms with Crippen molar-refractivity contribution in [3.63, 3.8) is 0 Å². The second-order valence-corrected chi connectivity index (χ2v) is 10.2. The largest absolute Gasteiger partial charge is 0.493 e. The van der Waals surface area contributed by atoms with E-state index in [2.05, 4.69) is 4.90 Å². The molecule has 37 heavy (non-hydrogen) atoms. The number of methoxy groups -OCH3 is 1. The highest BCUT2D eigenvalue weighted by Crippen LogP contribution is 2.37. The Morgan fingerprint density at radius 2 is 1.81 bits per heavy atom. The minimum absolute atomic E-state index is 0.0725. The van der Waals surface area contributed by atoms with E-state index in [1.54, 1.807) is 25.3 Å². The molecule has 1 saturated carbocycles. The average Bonchev–Trinajstić information content (AvgIpc) is 3.63. The van der Waals surface area contributed by atoms with Crippen LogP contribution in [0.15, 0.2) is 36.4 Å². The summed E-state index contributed by atoms with van der Waals surface area (Å²) < 4.78 is 11.4. The molecule has 0 radical (unpaired) electrons. The van der Waals surface area contributed by atoms with Crippen molar-refractivity contribution in [2.24, 2.45) is 5.92 Å². The van der Waals surface area contributed by atoms with Gasteiger partial charge in [0.25, 0.3) is 0 Å². The molecule has 2 aromatic carbocycles. The Hall–Kier alpha value is -2.81. The molecule has 1 atom stereocenters. The SMILES string of the molecule is COc1cc(CN(CC2CC2)C(CC(=O)O)c2ccc(Cl)c(Cl)c2)ccc1OCCN1C(=O)CCC1=O. The number of carbonyl (C=O) groups is 3. The number of likely N-dealkylation sites (tertiary alicyclic amines) is 1. The van der Waals surface area contributed by atoms with Crippen LogP contribution in [0, 0.1) is 5.92 Å². The number of carbonyl (C=O) groups excluding carboxylic acids is 2. The molecule has 8 nitrogen and oxygen atoms in total. The highest BCUT2D eigenvalue weighted by atomic mass is 35.5. The van der Waals surface area contributed by atoms with Crippen molar-refractivity contribution in [2.45, 2.75) is 44.7 Å². The van der Waals surface area contributed by atoms with E-state index in [1.165, 1.54) is 4.90 Å². The number of rotatable bonds is 13. The Bertz CT molecular complexity index is 1150. The summed E-state index contributed by atoms with van der Waals surface area (Å²) in [6.07, 6.45) is 2.67. The van der Waals surface area contributed by atoms with Crippen molar-refractivity contribution >= 4 is 41.0 Å². The molecular weight excluding hydrogens is 519 g/mol. The number of carboxylic acid groups (broad SMARTS) is 1. The summed E-state index contributed by atoms with van der Waals surface area (Å²) in [6, 6.07) is 10.5.